The van der Waals surface area contributed by atoms with E-state index in [1.807, 2.05) is 0 Å². The molecule has 2 nitrogen and oxygen atoms in total. The molecule has 0 unspecified atom stereocenters. The molecule has 0 aromatic heterocycles. The van der Waals surface area contributed by atoms with Gasteiger partial charge in [-0.3, -0.25) is 4.79 Å². The largest absolute Gasteiger partial charge is 0.545 e. The summed E-state index contributed by atoms with van der Waals surface area (Å²) in [5.74, 6) is 0.898. The quantitative estimate of drug-likeness (QED) is 0.658. The summed E-state index contributed by atoms with van der Waals surface area (Å²) in [4.78, 5) is 11.6. The van der Waals surface area contributed by atoms with Gasteiger partial charge in [0.05, 0.1) is 0 Å². The Hall–Kier alpha value is -0.573. The molecule has 0 atom stereocenters. The molecule has 3 heteroatoms. The van der Waals surface area contributed by atoms with Crippen molar-refractivity contribution in [2.24, 2.45) is 5.41 Å². The van der Waals surface area contributed by atoms with Crippen molar-refractivity contribution in [3.63, 3.8) is 0 Å². The van der Waals surface area contributed by atoms with Crippen LogP contribution in [0.25, 0.3) is 0 Å². The monoisotopic (exact) mass is 212 g/mol. The average Bonchev–Trinajstić information content (AvgIpc) is 2.30. The van der Waals surface area contributed by atoms with Gasteiger partial charge in [-0.25, -0.2) is 0 Å². The predicted octanol–water partition coefficient (Wildman–Crippen LogP) is 2.65. The fraction of sp³-hybridized carbons (Fsp3) is 0.727. The van der Waals surface area contributed by atoms with Crippen LogP contribution in [0.5, 0.6) is 0 Å². The molecular weight excluding hydrogens is 192 g/mol. The molecule has 0 amide bonds. The standard InChI is InChI=1S/C11H20O2Si/c1-11(2,3)8-6-7-9(12)10(8)13-14(4)5/h14H,6-7H2,1-5H3. The molecule has 0 fully saturated rings. The van der Waals surface area contributed by atoms with E-state index in [1.165, 1.54) is 5.57 Å². The lowest BCUT2D eigenvalue weighted by molar-refractivity contribution is -0.116. The van der Waals surface area contributed by atoms with Crippen molar-refractivity contribution < 1.29 is 9.22 Å². The number of Topliss-reactive ketones (excluding diaryl/α,β-unsaturated/α-hetero) is 1. The van der Waals surface area contributed by atoms with Gasteiger partial charge in [-0.15, -0.1) is 0 Å². The maximum absolute atomic E-state index is 11.6. The Bertz CT molecular complexity index is 272. The van der Waals surface area contributed by atoms with Gasteiger partial charge in [0.15, 0.2) is 5.78 Å². The van der Waals surface area contributed by atoms with Crippen molar-refractivity contribution in [2.75, 3.05) is 0 Å². The van der Waals surface area contributed by atoms with E-state index in [0.29, 0.717) is 12.2 Å². The van der Waals surface area contributed by atoms with Gasteiger partial charge >= 0.3 is 0 Å². The Morgan fingerprint density at radius 1 is 1.21 bits per heavy atom. The normalized spacial score (nSPS) is 18.3. The first kappa shape index (κ1) is 11.5. The van der Waals surface area contributed by atoms with Gasteiger partial charge in [-0.05, 0) is 30.5 Å². The SMILES string of the molecule is C[SiH](C)OC1=C(C(C)(C)C)CCC1=O. The van der Waals surface area contributed by atoms with Crippen LogP contribution in [-0.4, -0.2) is 14.8 Å². The second kappa shape index (κ2) is 3.89. The van der Waals surface area contributed by atoms with Crippen LogP contribution < -0.4 is 0 Å². The Kier molecular flexibility index (Phi) is 3.19. The van der Waals surface area contributed by atoms with E-state index >= 15 is 0 Å². The number of hydrogen-bond acceptors (Lipinski definition) is 2. The molecule has 0 aliphatic heterocycles. The maximum atomic E-state index is 11.6. The third-order valence-electron chi connectivity index (χ3n) is 2.39. The Balaban J connectivity index is 2.97. The summed E-state index contributed by atoms with van der Waals surface area (Å²) in [7, 11) is -1.15. The molecule has 0 heterocycles. The van der Waals surface area contributed by atoms with Crippen LogP contribution in [0.1, 0.15) is 33.6 Å². The molecule has 0 saturated heterocycles. The minimum Gasteiger partial charge on any atom is -0.545 e. The number of rotatable bonds is 2. The molecule has 0 aromatic rings. The van der Waals surface area contributed by atoms with Gasteiger partial charge < -0.3 is 4.43 Å². The van der Waals surface area contributed by atoms with E-state index in [4.69, 9.17) is 4.43 Å². The van der Waals surface area contributed by atoms with Gasteiger partial charge in [0.2, 0.25) is 9.04 Å². The second-order valence-electron chi connectivity index (χ2n) is 5.15. The lowest BCUT2D eigenvalue weighted by Gasteiger charge is -2.22. The third-order valence-corrected chi connectivity index (χ3v) is 3.10. The lowest BCUT2D eigenvalue weighted by atomic mass is 9.86. The highest BCUT2D eigenvalue weighted by molar-refractivity contribution is 6.49. The van der Waals surface area contributed by atoms with E-state index < -0.39 is 9.04 Å². The molecule has 0 spiro atoms. The maximum Gasteiger partial charge on any atom is 0.229 e. The summed E-state index contributed by atoms with van der Waals surface area (Å²) in [6, 6.07) is 0. The smallest absolute Gasteiger partial charge is 0.229 e. The molecule has 0 radical (unpaired) electrons. The summed E-state index contributed by atoms with van der Waals surface area (Å²) in [6.45, 7) is 10.6. The molecule has 0 bridgehead atoms. The fourth-order valence-corrected chi connectivity index (χ4v) is 2.47. The molecule has 1 aliphatic carbocycles. The highest BCUT2D eigenvalue weighted by Gasteiger charge is 2.31. The van der Waals surface area contributed by atoms with Crippen LogP contribution in [-0.2, 0) is 9.22 Å². The second-order valence-corrected chi connectivity index (χ2v) is 7.48. The number of hydrogen-bond donors (Lipinski definition) is 0. The zero-order valence-electron chi connectivity index (χ0n) is 9.81. The highest BCUT2D eigenvalue weighted by atomic mass is 28.3. The first-order valence-electron chi connectivity index (χ1n) is 5.26. The lowest BCUT2D eigenvalue weighted by Crippen LogP contribution is -2.16. The van der Waals surface area contributed by atoms with Crippen LogP contribution in [0.2, 0.25) is 13.1 Å². The van der Waals surface area contributed by atoms with Gasteiger partial charge in [0, 0.05) is 6.42 Å². The summed E-state index contributed by atoms with van der Waals surface area (Å²) >= 11 is 0. The molecule has 0 aromatic carbocycles. The summed E-state index contributed by atoms with van der Waals surface area (Å²) in [5, 5.41) is 0. The molecule has 1 aliphatic rings. The average molecular weight is 212 g/mol. The molecular formula is C11H20O2Si. The van der Waals surface area contributed by atoms with E-state index in [0.717, 1.165) is 6.42 Å². The minimum atomic E-state index is -1.15. The van der Waals surface area contributed by atoms with Gasteiger partial charge in [-0.1, -0.05) is 20.8 Å². The van der Waals surface area contributed by atoms with Crippen molar-refractivity contribution in [1.29, 1.82) is 0 Å². The summed E-state index contributed by atoms with van der Waals surface area (Å²) in [6.07, 6.45) is 1.53. The van der Waals surface area contributed by atoms with Gasteiger partial charge in [0.25, 0.3) is 0 Å². The molecule has 0 saturated carbocycles. The zero-order chi connectivity index (χ0) is 10.9. The highest BCUT2D eigenvalue weighted by Crippen LogP contribution is 2.37. The van der Waals surface area contributed by atoms with E-state index in [1.54, 1.807) is 0 Å². The van der Waals surface area contributed by atoms with Crippen LogP contribution in [0.3, 0.4) is 0 Å². The van der Waals surface area contributed by atoms with Crippen molar-refractivity contribution in [3.05, 3.63) is 11.3 Å². The Labute approximate surface area is 88.1 Å². The molecule has 1 rings (SSSR count). The first-order valence-corrected chi connectivity index (χ1v) is 8.04. The first-order chi connectivity index (χ1) is 6.32. The van der Waals surface area contributed by atoms with Crippen LogP contribution >= 0.6 is 0 Å². The van der Waals surface area contributed by atoms with Crippen molar-refractivity contribution in [2.45, 2.75) is 46.7 Å². The molecule has 0 N–H and O–H groups in total. The van der Waals surface area contributed by atoms with E-state index in [-0.39, 0.29) is 11.2 Å². The van der Waals surface area contributed by atoms with Gasteiger partial charge in [-0.2, -0.15) is 0 Å². The van der Waals surface area contributed by atoms with E-state index in [2.05, 4.69) is 33.9 Å². The van der Waals surface area contributed by atoms with Crippen molar-refractivity contribution in [1.82, 2.24) is 0 Å². The third kappa shape index (κ3) is 2.47. The predicted molar refractivity (Wildman–Crippen MR) is 60.7 cm³/mol. The van der Waals surface area contributed by atoms with Crippen molar-refractivity contribution >= 4 is 14.8 Å². The number of allylic oxidation sites excluding steroid dienone is 2. The Morgan fingerprint density at radius 3 is 2.21 bits per heavy atom. The molecule has 80 valence electrons. The van der Waals surface area contributed by atoms with E-state index in [9.17, 15) is 4.79 Å². The molecule has 14 heavy (non-hydrogen) atoms. The minimum absolute atomic E-state index is 0.0742. The van der Waals surface area contributed by atoms with Crippen molar-refractivity contribution in [3.8, 4) is 0 Å². The summed E-state index contributed by atoms with van der Waals surface area (Å²) in [5.41, 5.74) is 1.29. The zero-order valence-corrected chi connectivity index (χ0v) is 11.0. The van der Waals surface area contributed by atoms with Crippen LogP contribution in [0, 0.1) is 5.41 Å². The number of ketones is 1. The summed E-state index contributed by atoms with van der Waals surface area (Å²) < 4.78 is 5.73. The number of carbonyl (C=O) groups excluding carboxylic acids is 1. The Morgan fingerprint density at radius 2 is 1.79 bits per heavy atom. The van der Waals surface area contributed by atoms with Gasteiger partial charge in [0.1, 0.15) is 5.76 Å². The van der Waals surface area contributed by atoms with Crippen LogP contribution in [0.15, 0.2) is 11.3 Å². The fourth-order valence-electron chi connectivity index (χ4n) is 1.72. The topological polar surface area (TPSA) is 26.3 Å². The number of carbonyl (C=O) groups is 1. The van der Waals surface area contributed by atoms with Crippen LogP contribution in [0.4, 0.5) is 0 Å².